The summed E-state index contributed by atoms with van der Waals surface area (Å²) in [5.41, 5.74) is 0.461. The molecule has 7 nitrogen and oxygen atoms in total. The molecular weight excluding hydrogens is 383 g/mol. The SMILES string of the molecule is Cc1nc(N2CCN(C(=O)C3(c4ccc(F)cc4)CC3)CC2)cc(-n2ccnc2)n1. The summed E-state index contributed by atoms with van der Waals surface area (Å²) in [6.45, 7) is 4.59. The van der Waals surface area contributed by atoms with Crippen LogP contribution in [0.3, 0.4) is 0 Å². The minimum absolute atomic E-state index is 0.159. The van der Waals surface area contributed by atoms with Crippen LogP contribution >= 0.6 is 0 Å². The summed E-state index contributed by atoms with van der Waals surface area (Å²) in [4.78, 5) is 30.6. The van der Waals surface area contributed by atoms with Crippen molar-refractivity contribution in [2.45, 2.75) is 25.2 Å². The molecule has 1 saturated heterocycles. The lowest BCUT2D eigenvalue weighted by molar-refractivity contribution is -0.134. The number of aryl methyl sites for hydroxylation is 1. The van der Waals surface area contributed by atoms with Crippen molar-refractivity contribution in [1.29, 1.82) is 0 Å². The molecule has 5 rings (SSSR count). The number of carbonyl (C=O) groups excluding carboxylic acids is 1. The van der Waals surface area contributed by atoms with Crippen LogP contribution in [-0.2, 0) is 10.2 Å². The van der Waals surface area contributed by atoms with Crippen LogP contribution < -0.4 is 4.90 Å². The second kappa shape index (κ2) is 7.19. The highest BCUT2D eigenvalue weighted by Crippen LogP contribution is 2.49. The molecule has 2 aromatic heterocycles. The third-order valence-electron chi connectivity index (χ3n) is 6.03. The predicted octanol–water partition coefficient (Wildman–Crippen LogP) is 2.49. The lowest BCUT2D eigenvalue weighted by Gasteiger charge is -2.37. The highest BCUT2D eigenvalue weighted by Gasteiger charge is 2.53. The molecule has 1 amide bonds. The molecule has 2 fully saturated rings. The highest BCUT2D eigenvalue weighted by molar-refractivity contribution is 5.91. The van der Waals surface area contributed by atoms with E-state index in [2.05, 4.69) is 19.9 Å². The molecule has 0 unspecified atom stereocenters. The maximum atomic E-state index is 13.3. The van der Waals surface area contributed by atoms with Crippen molar-refractivity contribution in [3.63, 3.8) is 0 Å². The van der Waals surface area contributed by atoms with E-state index in [1.54, 1.807) is 24.7 Å². The minimum atomic E-state index is -0.462. The van der Waals surface area contributed by atoms with Crippen molar-refractivity contribution in [2.24, 2.45) is 0 Å². The first-order chi connectivity index (χ1) is 14.5. The van der Waals surface area contributed by atoms with Gasteiger partial charge in [0.2, 0.25) is 5.91 Å². The number of imidazole rings is 1. The Labute approximate surface area is 174 Å². The Bertz CT molecular complexity index is 1050. The molecule has 1 aromatic carbocycles. The van der Waals surface area contributed by atoms with Gasteiger partial charge < -0.3 is 9.80 Å². The molecule has 30 heavy (non-hydrogen) atoms. The zero-order chi connectivity index (χ0) is 20.7. The molecule has 2 aliphatic rings. The van der Waals surface area contributed by atoms with Crippen molar-refractivity contribution in [3.05, 3.63) is 66.3 Å². The van der Waals surface area contributed by atoms with Gasteiger partial charge in [-0.15, -0.1) is 0 Å². The van der Waals surface area contributed by atoms with E-state index in [-0.39, 0.29) is 11.7 Å². The number of piperazine rings is 1. The van der Waals surface area contributed by atoms with Gasteiger partial charge >= 0.3 is 0 Å². The number of hydrogen-bond acceptors (Lipinski definition) is 5. The second-order valence-corrected chi connectivity index (χ2v) is 7.97. The Morgan fingerprint density at radius 1 is 1.03 bits per heavy atom. The van der Waals surface area contributed by atoms with Crippen LogP contribution in [-0.4, -0.2) is 56.5 Å². The molecule has 3 aromatic rings. The van der Waals surface area contributed by atoms with E-state index in [4.69, 9.17) is 0 Å². The monoisotopic (exact) mass is 406 g/mol. The first kappa shape index (κ1) is 18.7. The van der Waals surface area contributed by atoms with E-state index in [9.17, 15) is 9.18 Å². The quantitative estimate of drug-likeness (QED) is 0.666. The molecule has 154 valence electrons. The minimum Gasteiger partial charge on any atom is -0.353 e. The zero-order valence-electron chi connectivity index (χ0n) is 16.8. The van der Waals surface area contributed by atoms with E-state index in [0.29, 0.717) is 32.0 Å². The number of halogens is 1. The number of amides is 1. The Morgan fingerprint density at radius 2 is 1.73 bits per heavy atom. The zero-order valence-corrected chi connectivity index (χ0v) is 16.8. The highest BCUT2D eigenvalue weighted by atomic mass is 19.1. The maximum Gasteiger partial charge on any atom is 0.233 e. The Morgan fingerprint density at radius 3 is 2.37 bits per heavy atom. The second-order valence-electron chi connectivity index (χ2n) is 7.97. The number of benzene rings is 1. The molecule has 0 atom stereocenters. The standard InChI is InChI=1S/C22H23FN6O/c1-16-25-19(14-20(26-16)29-9-8-24-15-29)27-10-12-28(13-11-27)21(30)22(6-7-22)17-2-4-18(23)5-3-17/h2-5,8-9,14-15H,6-7,10-13H2,1H3. The number of nitrogens with zero attached hydrogens (tertiary/aromatic N) is 6. The maximum absolute atomic E-state index is 13.3. The van der Waals surface area contributed by atoms with Crippen LogP contribution in [0.2, 0.25) is 0 Å². The van der Waals surface area contributed by atoms with E-state index in [1.807, 2.05) is 28.7 Å². The largest absolute Gasteiger partial charge is 0.353 e. The summed E-state index contributed by atoms with van der Waals surface area (Å²) >= 11 is 0. The summed E-state index contributed by atoms with van der Waals surface area (Å²) < 4.78 is 15.1. The molecule has 1 aliphatic carbocycles. The number of rotatable bonds is 4. The molecule has 3 heterocycles. The Hall–Kier alpha value is -3.29. The molecule has 0 spiro atoms. The predicted molar refractivity (Wildman–Crippen MR) is 110 cm³/mol. The van der Waals surface area contributed by atoms with Gasteiger partial charge in [-0.1, -0.05) is 12.1 Å². The Balaban J connectivity index is 1.29. The molecule has 1 aliphatic heterocycles. The normalized spacial score (nSPS) is 17.8. The van der Waals surface area contributed by atoms with E-state index in [0.717, 1.165) is 30.0 Å². The van der Waals surface area contributed by atoms with Crippen molar-refractivity contribution < 1.29 is 9.18 Å². The summed E-state index contributed by atoms with van der Waals surface area (Å²) in [5.74, 6) is 2.22. The summed E-state index contributed by atoms with van der Waals surface area (Å²) in [6, 6.07) is 8.33. The van der Waals surface area contributed by atoms with Crippen LogP contribution in [0.4, 0.5) is 10.2 Å². The number of aromatic nitrogens is 4. The molecule has 0 radical (unpaired) electrons. The van der Waals surface area contributed by atoms with Crippen molar-refractivity contribution in [3.8, 4) is 5.82 Å². The summed E-state index contributed by atoms with van der Waals surface area (Å²) in [6.07, 6.45) is 6.95. The van der Waals surface area contributed by atoms with E-state index >= 15 is 0 Å². The van der Waals surface area contributed by atoms with Gasteiger partial charge in [-0.3, -0.25) is 9.36 Å². The Kier molecular flexibility index (Phi) is 4.49. The molecule has 1 saturated carbocycles. The van der Waals surface area contributed by atoms with Gasteiger partial charge in [-0.25, -0.2) is 19.3 Å². The van der Waals surface area contributed by atoms with Crippen LogP contribution in [0.25, 0.3) is 5.82 Å². The lowest BCUT2D eigenvalue weighted by Crippen LogP contribution is -2.51. The summed E-state index contributed by atoms with van der Waals surface area (Å²) in [7, 11) is 0. The number of anilines is 1. The molecule has 0 N–H and O–H groups in total. The fraction of sp³-hybridized carbons (Fsp3) is 0.364. The first-order valence-electron chi connectivity index (χ1n) is 10.2. The first-order valence-corrected chi connectivity index (χ1v) is 10.2. The summed E-state index contributed by atoms with van der Waals surface area (Å²) in [5, 5.41) is 0. The smallest absolute Gasteiger partial charge is 0.233 e. The van der Waals surface area contributed by atoms with Crippen LogP contribution in [0.15, 0.2) is 49.1 Å². The van der Waals surface area contributed by atoms with Gasteiger partial charge in [-0.05, 0) is 37.5 Å². The third kappa shape index (κ3) is 3.32. The molecule has 8 heteroatoms. The van der Waals surface area contributed by atoms with Gasteiger partial charge in [0.15, 0.2) is 0 Å². The average molecular weight is 406 g/mol. The van der Waals surface area contributed by atoms with Gasteiger partial charge in [0.05, 0.1) is 5.41 Å². The number of hydrogen-bond donors (Lipinski definition) is 0. The van der Waals surface area contributed by atoms with Gasteiger partial charge in [0, 0.05) is 44.6 Å². The van der Waals surface area contributed by atoms with Crippen molar-refractivity contribution >= 4 is 11.7 Å². The molecular formula is C22H23FN6O. The lowest BCUT2D eigenvalue weighted by atomic mass is 9.94. The van der Waals surface area contributed by atoms with Gasteiger partial charge in [0.1, 0.15) is 29.6 Å². The van der Waals surface area contributed by atoms with Gasteiger partial charge in [0.25, 0.3) is 0 Å². The van der Waals surface area contributed by atoms with Crippen LogP contribution in [0.1, 0.15) is 24.2 Å². The van der Waals surface area contributed by atoms with Crippen molar-refractivity contribution in [2.75, 3.05) is 31.1 Å². The van der Waals surface area contributed by atoms with Crippen LogP contribution in [0.5, 0.6) is 0 Å². The number of carbonyl (C=O) groups is 1. The average Bonchev–Trinajstić information content (AvgIpc) is 3.38. The van der Waals surface area contributed by atoms with E-state index < -0.39 is 5.41 Å². The molecule has 0 bridgehead atoms. The van der Waals surface area contributed by atoms with Gasteiger partial charge in [-0.2, -0.15) is 0 Å². The fourth-order valence-corrected chi connectivity index (χ4v) is 4.19. The third-order valence-corrected chi connectivity index (χ3v) is 6.03. The van der Waals surface area contributed by atoms with E-state index in [1.165, 1.54) is 12.1 Å². The topological polar surface area (TPSA) is 67.2 Å². The fourth-order valence-electron chi connectivity index (χ4n) is 4.19. The van der Waals surface area contributed by atoms with Crippen LogP contribution in [0, 0.1) is 12.7 Å². The van der Waals surface area contributed by atoms with Crippen molar-refractivity contribution in [1.82, 2.24) is 24.4 Å².